The van der Waals surface area contributed by atoms with Crippen LogP contribution in [0.4, 0.5) is 4.79 Å². The van der Waals surface area contributed by atoms with Crippen LogP contribution in [0.2, 0.25) is 0 Å². The van der Waals surface area contributed by atoms with E-state index in [2.05, 4.69) is 12.2 Å². The van der Waals surface area contributed by atoms with Gasteiger partial charge in [0.05, 0.1) is 13.2 Å². The predicted molar refractivity (Wildman–Crippen MR) is 97.3 cm³/mol. The fourth-order valence-electron chi connectivity index (χ4n) is 3.25. The van der Waals surface area contributed by atoms with Crippen LogP contribution in [-0.4, -0.2) is 36.6 Å². The summed E-state index contributed by atoms with van der Waals surface area (Å²) in [6.07, 6.45) is 2.04. The quantitative estimate of drug-likeness (QED) is 0.620. The van der Waals surface area contributed by atoms with Gasteiger partial charge in [-0.15, -0.1) is 0 Å². The van der Waals surface area contributed by atoms with Gasteiger partial charge in [0.1, 0.15) is 5.54 Å². The second-order valence-corrected chi connectivity index (χ2v) is 6.50. The van der Waals surface area contributed by atoms with E-state index in [9.17, 15) is 9.59 Å². The maximum Gasteiger partial charge on any atom is 0.325 e. The summed E-state index contributed by atoms with van der Waals surface area (Å²) in [5.74, 6) is -0.229. The lowest BCUT2D eigenvalue weighted by Crippen LogP contribution is -2.41. The van der Waals surface area contributed by atoms with E-state index in [1.807, 2.05) is 42.5 Å². The number of benzene rings is 2. The van der Waals surface area contributed by atoms with Crippen molar-refractivity contribution >= 4 is 22.7 Å². The van der Waals surface area contributed by atoms with Gasteiger partial charge in [0, 0.05) is 6.61 Å². The van der Waals surface area contributed by atoms with E-state index in [0.29, 0.717) is 13.2 Å². The highest BCUT2D eigenvalue weighted by molar-refractivity contribution is 6.09. The van der Waals surface area contributed by atoms with Crippen molar-refractivity contribution in [3.05, 3.63) is 48.0 Å². The number of unbranched alkanes of at least 4 members (excludes halogenated alkanes) is 1. The van der Waals surface area contributed by atoms with Crippen molar-refractivity contribution in [2.75, 3.05) is 19.8 Å². The molecule has 5 heteroatoms. The average Bonchev–Trinajstić information content (AvgIpc) is 2.84. The molecule has 0 spiro atoms. The number of nitrogens with one attached hydrogen (secondary N) is 1. The van der Waals surface area contributed by atoms with Crippen LogP contribution in [0.1, 0.15) is 32.3 Å². The van der Waals surface area contributed by atoms with Crippen LogP contribution < -0.4 is 5.32 Å². The molecule has 0 aromatic heterocycles. The number of imide groups is 1. The second-order valence-electron chi connectivity index (χ2n) is 6.50. The summed E-state index contributed by atoms with van der Waals surface area (Å²) in [5.41, 5.74) is -0.236. The van der Waals surface area contributed by atoms with E-state index in [1.165, 1.54) is 4.90 Å². The minimum atomic E-state index is -1.05. The van der Waals surface area contributed by atoms with Crippen LogP contribution in [0.3, 0.4) is 0 Å². The summed E-state index contributed by atoms with van der Waals surface area (Å²) in [6.45, 7) is 5.16. The lowest BCUT2D eigenvalue weighted by atomic mass is 9.88. The molecule has 3 amide bonds. The minimum absolute atomic E-state index is 0.229. The number of carbonyl (C=O) groups is 2. The van der Waals surface area contributed by atoms with Gasteiger partial charge in [-0.1, -0.05) is 55.8 Å². The molecule has 1 aliphatic heterocycles. The number of fused-ring (bicyclic) bond motifs is 1. The molecule has 0 radical (unpaired) electrons. The third-order valence-corrected chi connectivity index (χ3v) is 4.70. The highest BCUT2D eigenvalue weighted by atomic mass is 16.5. The first-order valence-electron chi connectivity index (χ1n) is 8.78. The third kappa shape index (κ3) is 3.24. The van der Waals surface area contributed by atoms with Crippen LogP contribution in [0.25, 0.3) is 10.8 Å². The topological polar surface area (TPSA) is 58.6 Å². The number of nitrogens with zero attached hydrogens (tertiary/aromatic N) is 1. The van der Waals surface area contributed by atoms with Crippen molar-refractivity contribution in [2.45, 2.75) is 32.2 Å². The number of amides is 3. The Balaban J connectivity index is 1.82. The van der Waals surface area contributed by atoms with Crippen LogP contribution >= 0.6 is 0 Å². The summed E-state index contributed by atoms with van der Waals surface area (Å²) in [6, 6.07) is 13.3. The summed E-state index contributed by atoms with van der Waals surface area (Å²) in [7, 11) is 0. The number of ether oxygens (including phenoxy) is 1. The van der Waals surface area contributed by atoms with Gasteiger partial charge in [-0.25, -0.2) is 4.79 Å². The first-order valence-corrected chi connectivity index (χ1v) is 8.78. The van der Waals surface area contributed by atoms with Crippen molar-refractivity contribution in [3.63, 3.8) is 0 Å². The van der Waals surface area contributed by atoms with Crippen molar-refractivity contribution in [2.24, 2.45) is 0 Å². The van der Waals surface area contributed by atoms with Gasteiger partial charge in [0.15, 0.2) is 0 Å². The number of hydrogen-bond donors (Lipinski definition) is 1. The molecule has 0 bridgehead atoms. The first-order chi connectivity index (χ1) is 12.1. The van der Waals surface area contributed by atoms with E-state index < -0.39 is 5.54 Å². The lowest BCUT2D eigenvalue weighted by Gasteiger charge is -2.24. The normalized spacial score (nSPS) is 20.3. The summed E-state index contributed by atoms with van der Waals surface area (Å²) in [4.78, 5) is 26.6. The highest BCUT2D eigenvalue weighted by Gasteiger charge is 2.49. The molecule has 132 valence electrons. The van der Waals surface area contributed by atoms with E-state index in [4.69, 9.17) is 4.74 Å². The Morgan fingerprint density at radius 1 is 1.08 bits per heavy atom. The van der Waals surface area contributed by atoms with Crippen molar-refractivity contribution in [1.82, 2.24) is 10.2 Å². The van der Waals surface area contributed by atoms with Gasteiger partial charge >= 0.3 is 6.03 Å². The Labute approximate surface area is 148 Å². The zero-order chi connectivity index (χ0) is 17.9. The Morgan fingerprint density at radius 2 is 1.84 bits per heavy atom. The number of hydrogen-bond acceptors (Lipinski definition) is 3. The Bertz CT molecular complexity index is 784. The molecule has 5 nitrogen and oxygen atoms in total. The third-order valence-electron chi connectivity index (χ3n) is 4.70. The maximum atomic E-state index is 13.0. The molecule has 1 saturated heterocycles. The monoisotopic (exact) mass is 340 g/mol. The molecule has 0 saturated carbocycles. The summed E-state index contributed by atoms with van der Waals surface area (Å²) >= 11 is 0. The van der Waals surface area contributed by atoms with Gasteiger partial charge in [-0.3, -0.25) is 9.69 Å². The van der Waals surface area contributed by atoms with Crippen LogP contribution in [0.5, 0.6) is 0 Å². The molecular weight excluding hydrogens is 316 g/mol. The Hall–Kier alpha value is -2.40. The first kappa shape index (κ1) is 17.4. The summed E-state index contributed by atoms with van der Waals surface area (Å²) in [5, 5.41) is 4.89. The van der Waals surface area contributed by atoms with Crippen molar-refractivity contribution in [3.8, 4) is 0 Å². The molecule has 1 aliphatic rings. The molecule has 3 rings (SSSR count). The zero-order valence-corrected chi connectivity index (χ0v) is 14.7. The highest BCUT2D eigenvalue weighted by Crippen LogP contribution is 2.33. The zero-order valence-electron chi connectivity index (χ0n) is 14.7. The molecule has 2 aromatic carbocycles. The van der Waals surface area contributed by atoms with Gasteiger partial charge in [0.25, 0.3) is 5.91 Å². The second kappa shape index (κ2) is 7.23. The summed E-state index contributed by atoms with van der Waals surface area (Å²) < 4.78 is 5.50. The molecule has 1 heterocycles. The molecule has 1 fully saturated rings. The predicted octanol–water partition coefficient (Wildman–Crippen LogP) is 3.42. The van der Waals surface area contributed by atoms with Gasteiger partial charge in [-0.05, 0) is 29.7 Å². The largest absolute Gasteiger partial charge is 0.380 e. The van der Waals surface area contributed by atoms with Gasteiger partial charge in [-0.2, -0.15) is 0 Å². The number of carbonyl (C=O) groups excluding carboxylic acids is 2. The molecule has 1 N–H and O–H groups in total. The Kier molecular flexibility index (Phi) is 5.04. The molecular formula is C20H24N2O3. The SMILES string of the molecule is CCCCOCCN1C(=O)NC(C)(c2cccc3ccccc23)C1=O. The van der Waals surface area contributed by atoms with Crippen LogP contribution in [0.15, 0.2) is 42.5 Å². The molecule has 2 aromatic rings. The fourth-order valence-corrected chi connectivity index (χ4v) is 3.25. The number of urea groups is 1. The fraction of sp³-hybridized carbons (Fsp3) is 0.400. The van der Waals surface area contributed by atoms with E-state index in [0.717, 1.165) is 29.2 Å². The average molecular weight is 340 g/mol. The van der Waals surface area contributed by atoms with E-state index >= 15 is 0 Å². The van der Waals surface area contributed by atoms with Crippen LogP contribution in [-0.2, 0) is 15.1 Å². The van der Waals surface area contributed by atoms with Gasteiger partial charge in [0.2, 0.25) is 0 Å². The van der Waals surface area contributed by atoms with E-state index in [1.54, 1.807) is 6.92 Å². The van der Waals surface area contributed by atoms with Crippen molar-refractivity contribution in [1.29, 1.82) is 0 Å². The van der Waals surface area contributed by atoms with Crippen LogP contribution in [0, 0.1) is 0 Å². The standard InChI is InChI=1S/C20H24N2O3/c1-3-4-13-25-14-12-22-18(23)20(2,21-19(22)24)17-11-7-9-15-8-5-6-10-16(15)17/h5-11H,3-4,12-14H2,1-2H3,(H,21,24). The molecule has 0 aliphatic carbocycles. The lowest BCUT2D eigenvalue weighted by molar-refractivity contribution is -0.131. The smallest absolute Gasteiger partial charge is 0.325 e. The van der Waals surface area contributed by atoms with Crippen molar-refractivity contribution < 1.29 is 14.3 Å². The van der Waals surface area contributed by atoms with E-state index in [-0.39, 0.29) is 18.5 Å². The maximum absolute atomic E-state index is 13.0. The van der Waals surface area contributed by atoms with Gasteiger partial charge < -0.3 is 10.1 Å². The number of rotatable bonds is 7. The molecule has 1 atom stereocenters. The molecule has 25 heavy (non-hydrogen) atoms. The minimum Gasteiger partial charge on any atom is -0.380 e. The molecule has 1 unspecified atom stereocenters. The Morgan fingerprint density at radius 3 is 2.64 bits per heavy atom.